The molecule has 0 aliphatic carbocycles. The summed E-state index contributed by atoms with van der Waals surface area (Å²) in [5.41, 5.74) is -0.159. The molecule has 1 aliphatic heterocycles. The van der Waals surface area contributed by atoms with E-state index in [-0.39, 0.29) is 17.7 Å². The van der Waals surface area contributed by atoms with Gasteiger partial charge in [0.05, 0.1) is 25.3 Å². The molecule has 0 aromatic heterocycles. The van der Waals surface area contributed by atoms with Crippen molar-refractivity contribution in [2.45, 2.75) is 64.9 Å². The minimum Gasteiger partial charge on any atom is -0.384 e. The fraction of sp³-hybridized carbons (Fsp3) is 0.682. The number of rotatable bonds is 7. The SMILES string of the molecule is CCNC(=NCC(C)(C)N1CC(C)OC(C)C1)NCC(C)(O)c1ccccc1. The Labute approximate surface area is 170 Å². The molecule has 3 unspecified atom stereocenters. The summed E-state index contributed by atoms with van der Waals surface area (Å²) in [5, 5.41) is 17.4. The van der Waals surface area contributed by atoms with Crippen LogP contribution in [0.1, 0.15) is 47.1 Å². The van der Waals surface area contributed by atoms with Crippen LogP contribution in [0.25, 0.3) is 0 Å². The van der Waals surface area contributed by atoms with E-state index in [1.165, 1.54) is 0 Å². The van der Waals surface area contributed by atoms with Gasteiger partial charge < -0.3 is 20.5 Å². The number of ether oxygens (including phenoxy) is 1. The Morgan fingerprint density at radius 3 is 2.32 bits per heavy atom. The monoisotopic (exact) mass is 390 g/mol. The standard InChI is InChI=1S/C22H38N4O2/c1-7-23-20(25-16-22(6,27)19-11-9-8-10-12-19)24-15-21(4,5)26-13-17(2)28-18(3)14-26/h8-12,17-18,27H,7,13-16H2,1-6H3,(H2,23,24,25). The van der Waals surface area contributed by atoms with Crippen molar-refractivity contribution in [2.75, 3.05) is 32.7 Å². The van der Waals surface area contributed by atoms with E-state index in [1.807, 2.05) is 44.2 Å². The quantitative estimate of drug-likeness (QED) is 0.492. The summed E-state index contributed by atoms with van der Waals surface area (Å²) in [6.45, 7) is 16.2. The summed E-state index contributed by atoms with van der Waals surface area (Å²) in [5.74, 6) is 0.723. The van der Waals surface area contributed by atoms with Gasteiger partial charge in [0.2, 0.25) is 0 Å². The topological polar surface area (TPSA) is 69.1 Å². The third kappa shape index (κ3) is 6.47. The van der Waals surface area contributed by atoms with Crippen molar-refractivity contribution < 1.29 is 9.84 Å². The molecule has 1 aromatic rings. The average molecular weight is 391 g/mol. The largest absolute Gasteiger partial charge is 0.384 e. The Balaban J connectivity index is 2.01. The first-order chi connectivity index (χ1) is 13.1. The van der Waals surface area contributed by atoms with Crippen molar-refractivity contribution in [2.24, 2.45) is 4.99 Å². The van der Waals surface area contributed by atoms with Crippen molar-refractivity contribution in [3.63, 3.8) is 0 Å². The number of morpholine rings is 1. The van der Waals surface area contributed by atoms with E-state index in [9.17, 15) is 5.11 Å². The van der Waals surface area contributed by atoms with Crippen LogP contribution in [0.15, 0.2) is 35.3 Å². The zero-order valence-corrected chi connectivity index (χ0v) is 18.3. The van der Waals surface area contributed by atoms with Crippen LogP contribution < -0.4 is 10.6 Å². The summed E-state index contributed by atoms with van der Waals surface area (Å²) in [4.78, 5) is 7.27. The molecule has 3 N–H and O–H groups in total. The number of nitrogens with zero attached hydrogens (tertiary/aromatic N) is 2. The van der Waals surface area contributed by atoms with Crippen LogP contribution in [0.4, 0.5) is 0 Å². The number of benzene rings is 1. The summed E-state index contributed by atoms with van der Waals surface area (Å²) in [6, 6.07) is 9.71. The van der Waals surface area contributed by atoms with E-state index in [4.69, 9.17) is 9.73 Å². The smallest absolute Gasteiger partial charge is 0.191 e. The van der Waals surface area contributed by atoms with Crippen LogP contribution in [0.2, 0.25) is 0 Å². The van der Waals surface area contributed by atoms with Gasteiger partial charge in [-0.15, -0.1) is 0 Å². The molecule has 1 heterocycles. The van der Waals surface area contributed by atoms with Gasteiger partial charge in [0.15, 0.2) is 5.96 Å². The molecule has 0 saturated carbocycles. The summed E-state index contributed by atoms with van der Waals surface area (Å²) >= 11 is 0. The molecule has 1 aliphatic rings. The molecule has 28 heavy (non-hydrogen) atoms. The highest BCUT2D eigenvalue weighted by molar-refractivity contribution is 5.79. The maximum Gasteiger partial charge on any atom is 0.191 e. The van der Waals surface area contributed by atoms with E-state index in [0.29, 0.717) is 13.1 Å². The number of aliphatic hydroxyl groups is 1. The fourth-order valence-corrected chi connectivity index (χ4v) is 3.54. The molecular weight excluding hydrogens is 352 g/mol. The van der Waals surface area contributed by atoms with E-state index < -0.39 is 5.60 Å². The van der Waals surface area contributed by atoms with E-state index in [0.717, 1.165) is 31.2 Å². The Morgan fingerprint density at radius 2 is 1.75 bits per heavy atom. The molecule has 0 spiro atoms. The van der Waals surface area contributed by atoms with Crippen LogP contribution in [0.3, 0.4) is 0 Å². The molecule has 1 aromatic carbocycles. The van der Waals surface area contributed by atoms with E-state index >= 15 is 0 Å². The lowest BCUT2D eigenvalue weighted by Crippen LogP contribution is -2.56. The Kier molecular flexibility index (Phi) is 7.87. The highest BCUT2D eigenvalue weighted by Gasteiger charge is 2.33. The molecule has 2 rings (SSSR count). The second-order valence-electron chi connectivity index (χ2n) is 8.66. The number of nitrogens with one attached hydrogen (secondary N) is 2. The van der Waals surface area contributed by atoms with Gasteiger partial charge in [0.25, 0.3) is 0 Å². The second-order valence-corrected chi connectivity index (χ2v) is 8.66. The maximum absolute atomic E-state index is 10.8. The number of aliphatic imine (C=N–C) groups is 1. The molecular formula is C22H38N4O2. The summed E-state index contributed by atoms with van der Waals surface area (Å²) in [6.07, 6.45) is 0.471. The second kappa shape index (κ2) is 9.72. The average Bonchev–Trinajstić information content (AvgIpc) is 2.64. The molecule has 6 nitrogen and oxygen atoms in total. The lowest BCUT2D eigenvalue weighted by molar-refractivity contribution is -0.0939. The van der Waals surface area contributed by atoms with Gasteiger partial charge in [-0.05, 0) is 47.1 Å². The number of hydrogen-bond donors (Lipinski definition) is 3. The van der Waals surface area contributed by atoms with Crippen LogP contribution >= 0.6 is 0 Å². The first-order valence-corrected chi connectivity index (χ1v) is 10.3. The predicted molar refractivity (Wildman–Crippen MR) is 116 cm³/mol. The zero-order valence-electron chi connectivity index (χ0n) is 18.3. The Hall–Kier alpha value is -1.63. The predicted octanol–water partition coefficient (Wildman–Crippen LogP) is 2.34. The van der Waals surface area contributed by atoms with E-state index in [1.54, 1.807) is 0 Å². The number of guanidine groups is 1. The first-order valence-electron chi connectivity index (χ1n) is 10.3. The van der Waals surface area contributed by atoms with Crippen LogP contribution in [0.5, 0.6) is 0 Å². The third-order valence-corrected chi connectivity index (χ3v) is 5.24. The molecule has 0 radical (unpaired) electrons. The number of hydrogen-bond acceptors (Lipinski definition) is 4. The maximum atomic E-state index is 10.8. The Morgan fingerprint density at radius 1 is 1.14 bits per heavy atom. The zero-order chi connectivity index (χ0) is 20.8. The van der Waals surface area contributed by atoms with Crippen molar-refractivity contribution in [3.8, 4) is 0 Å². The Bertz CT molecular complexity index is 621. The van der Waals surface area contributed by atoms with Gasteiger partial charge in [-0.25, -0.2) is 0 Å². The molecule has 158 valence electrons. The van der Waals surface area contributed by atoms with Gasteiger partial charge >= 0.3 is 0 Å². The molecule has 0 bridgehead atoms. The van der Waals surface area contributed by atoms with Gasteiger partial charge in [0.1, 0.15) is 5.60 Å². The minimum absolute atomic E-state index is 0.0728. The molecule has 6 heteroatoms. The third-order valence-electron chi connectivity index (χ3n) is 5.24. The van der Waals surface area contributed by atoms with Gasteiger partial charge in [0, 0.05) is 25.2 Å². The van der Waals surface area contributed by atoms with Gasteiger partial charge in [-0.2, -0.15) is 0 Å². The summed E-state index contributed by atoms with van der Waals surface area (Å²) in [7, 11) is 0. The molecule has 1 fully saturated rings. The minimum atomic E-state index is -0.970. The van der Waals surface area contributed by atoms with Crippen LogP contribution in [0, 0.1) is 0 Å². The molecule has 0 amide bonds. The van der Waals surface area contributed by atoms with Gasteiger partial charge in [-0.1, -0.05) is 30.3 Å². The lowest BCUT2D eigenvalue weighted by atomic mass is 9.96. The lowest BCUT2D eigenvalue weighted by Gasteiger charge is -2.44. The highest BCUT2D eigenvalue weighted by Crippen LogP contribution is 2.22. The van der Waals surface area contributed by atoms with Crippen molar-refractivity contribution >= 4 is 5.96 Å². The fourth-order valence-electron chi connectivity index (χ4n) is 3.54. The van der Waals surface area contributed by atoms with Crippen molar-refractivity contribution in [3.05, 3.63) is 35.9 Å². The van der Waals surface area contributed by atoms with Crippen LogP contribution in [-0.2, 0) is 10.3 Å². The highest BCUT2D eigenvalue weighted by atomic mass is 16.5. The normalized spacial score (nSPS) is 23.9. The molecule has 1 saturated heterocycles. The molecule has 3 atom stereocenters. The summed E-state index contributed by atoms with van der Waals surface area (Å²) < 4.78 is 5.86. The first kappa shape index (κ1) is 22.7. The van der Waals surface area contributed by atoms with Crippen LogP contribution in [-0.4, -0.2) is 66.4 Å². The van der Waals surface area contributed by atoms with Crippen molar-refractivity contribution in [1.29, 1.82) is 0 Å². The van der Waals surface area contributed by atoms with Gasteiger partial charge in [-0.3, -0.25) is 9.89 Å². The van der Waals surface area contributed by atoms with E-state index in [2.05, 4.69) is 43.2 Å². The van der Waals surface area contributed by atoms with Crippen molar-refractivity contribution in [1.82, 2.24) is 15.5 Å².